The van der Waals surface area contributed by atoms with E-state index in [2.05, 4.69) is 45.0 Å². The fraction of sp³-hybridized carbons (Fsp3) is 0.364. The Morgan fingerprint density at radius 1 is 0.460 bits per heavy atom. The average molecular weight is 669 g/mol. The SMILES string of the molecule is CCC(C)c1ccc(C(C)CC2C(=O)N(c3ccccc3)C(=O)C2CC(CC2C(=O)N(c3ccccc3)C(=O)C2CC)c2ccccc2)cc1. The van der Waals surface area contributed by atoms with Crippen LogP contribution in [0.5, 0.6) is 0 Å². The van der Waals surface area contributed by atoms with Crippen molar-refractivity contribution in [2.45, 2.75) is 77.6 Å². The zero-order valence-corrected chi connectivity index (χ0v) is 29.6. The van der Waals surface area contributed by atoms with Crippen molar-refractivity contribution in [3.63, 3.8) is 0 Å². The van der Waals surface area contributed by atoms with E-state index in [1.165, 1.54) is 15.4 Å². The molecule has 2 heterocycles. The summed E-state index contributed by atoms with van der Waals surface area (Å²) < 4.78 is 0. The van der Waals surface area contributed by atoms with Crippen molar-refractivity contribution in [1.29, 1.82) is 0 Å². The Balaban J connectivity index is 1.33. The van der Waals surface area contributed by atoms with Gasteiger partial charge < -0.3 is 0 Å². The van der Waals surface area contributed by atoms with Crippen molar-refractivity contribution in [1.82, 2.24) is 0 Å². The minimum Gasteiger partial charge on any atom is -0.274 e. The summed E-state index contributed by atoms with van der Waals surface area (Å²) in [6.45, 7) is 8.51. The lowest BCUT2D eigenvalue weighted by Gasteiger charge is -2.27. The first-order valence-corrected chi connectivity index (χ1v) is 18.2. The van der Waals surface area contributed by atoms with Gasteiger partial charge in [0.1, 0.15) is 0 Å². The molecule has 50 heavy (non-hydrogen) atoms. The van der Waals surface area contributed by atoms with Crippen molar-refractivity contribution < 1.29 is 19.2 Å². The summed E-state index contributed by atoms with van der Waals surface area (Å²) in [7, 11) is 0. The normalized spacial score (nSPS) is 22.6. The average Bonchev–Trinajstić information content (AvgIpc) is 3.53. The topological polar surface area (TPSA) is 74.8 Å². The van der Waals surface area contributed by atoms with Crippen LogP contribution in [0, 0.1) is 23.7 Å². The number of imide groups is 2. The van der Waals surface area contributed by atoms with Crippen LogP contribution in [0.25, 0.3) is 0 Å². The molecule has 6 rings (SSSR count). The molecule has 0 aromatic heterocycles. The van der Waals surface area contributed by atoms with Crippen molar-refractivity contribution >= 4 is 35.0 Å². The monoisotopic (exact) mass is 668 g/mol. The Hall–Kier alpha value is -4.84. The van der Waals surface area contributed by atoms with Gasteiger partial charge in [0.2, 0.25) is 23.6 Å². The Labute approximate surface area is 296 Å². The molecule has 6 nitrogen and oxygen atoms in total. The molecule has 6 heteroatoms. The Morgan fingerprint density at radius 2 is 0.840 bits per heavy atom. The maximum Gasteiger partial charge on any atom is 0.237 e. The Morgan fingerprint density at radius 3 is 1.28 bits per heavy atom. The van der Waals surface area contributed by atoms with Crippen LogP contribution in [0.4, 0.5) is 11.4 Å². The van der Waals surface area contributed by atoms with Crippen molar-refractivity contribution in [3.05, 3.63) is 132 Å². The molecule has 2 fully saturated rings. The molecule has 0 spiro atoms. The summed E-state index contributed by atoms with van der Waals surface area (Å²) in [5, 5.41) is 0. The van der Waals surface area contributed by atoms with E-state index >= 15 is 0 Å². The molecular weight excluding hydrogens is 620 g/mol. The van der Waals surface area contributed by atoms with Gasteiger partial charge in [0.05, 0.1) is 35.0 Å². The van der Waals surface area contributed by atoms with Gasteiger partial charge in [-0.05, 0) is 90.8 Å². The van der Waals surface area contributed by atoms with Crippen LogP contribution in [0.1, 0.15) is 94.2 Å². The highest BCUT2D eigenvalue weighted by Gasteiger charge is 2.51. The third-order valence-corrected chi connectivity index (χ3v) is 11.2. The van der Waals surface area contributed by atoms with Crippen LogP contribution >= 0.6 is 0 Å². The lowest BCUT2D eigenvalue weighted by atomic mass is 9.74. The molecule has 258 valence electrons. The van der Waals surface area contributed by atoms with Gasteiger partial charge in [0, 0.05) is 0 Å². The molecule has 0 bridgehead atoms. The van der Waals surface area contributed by atoms with Crippen LogP contribution in [-0.4, -0.2) is 23.6 Å². The molecule has 7 atom stereocenters. The predicted molar refractivity (Wildman–Crippen MR) is 199 cm³/mol. The van der Waals surface area contributed by atoms with Gasteiger partial charge in [0.15, 0.2) is 0 Å². The summed E-state index contributed by atoms with van der Waals surface area (Å²) in [4.78, 5) is 59.3. The van der Waals surface area contributed by atoms with Crippen LogP contribution in [-0.2, 0) is 19.2 Å². The molecule has 2 saturated heterocycles. The molecule has 0 saturated carbocycles. The maximum atomic E-state index is 14.5. The van der Waals surface area contributed by atoms with E-state index in [1.807, 2.05) is 85.8 Å². The first kappa shape index (κ1) is 35.0. The van der Waals surface area contributed by atoms with Crippen LogP contribution in [0.15, 0.2) is 115 Å². The number of hydrogen-bond acceptors (Lipinski definition) is 4. The van der Waals surface area contributed by atoms with Gasteiger partial charge in [-0.25, -0.2) is 0 Å². The van der Waals surface area contributed by atoms with E-state index in [9.17, 15) is 19.2 Å². The lowest BCUT2D eigenvalue weighted by molar-refractivity contribution is -0.124. The van der Waals surface area contributed by atoms with E-state index < -0.39 is 23.7 Å². The van der Waals surface area contributed by atoms with Crippen molar-refractivity contribution in [2.24, 2.45) is 23.7 Å². The van der Waals surface area contributed by atoms with E-state index in [0.29, 0.717) is 43.0 Å². The second-order valence-corrected chi connectivity index (χ2v) is 14.2. The molecule has 0 radical (unpaired) electrons. The fourth-order valence-electron chi connectivity index (χ4n) is 8.10. The molecular formula is C44H48N2O4. The van der Waals surface area contributed by atoms with Gasteiger partial charge in [0.25, 0.3) is 0 Å². The van der Waals surface area contributed by atoms with Gasteiger partial charge in [-0.15, -0.1) is 0 Å². The zero-order chi connectivity index (χ0) is 35.4. The number of hydrogen-bond donors (Lipinski definition) is 0. The number of carbonyl (C=O) groups is 4. The summed E-state index contributed by atoms with van der Waals surface area (Å²) in [5.74, 6) is -2.51. The minimum absolute atomic E-state index is 0.0501. The second kappa shape index (κ2) is 15.4. The van der Waals surface area contributed by atoms with Gasteiger partial charge in [-0.3, -0.25) is 29.0 Å². The third-order valence-electron chi connectivity index (χ3n) is 11.2. The first-order valence-electron chi connectivity index (χ1n) is 18.2. The van der Waals surface area contributed by atoms with E-state index in [4.69, 9.17) is 0 Å². The molecule has 7 unspecified atom stereocenters. The third kappa shape index (κ3) is 6.94. The number of rotatable bonds is 13. The number of nitrogens with zero attached hydrogens (tertiary/aromatic N) is 2. The molecule has 4 amide bonds. The first-order chi connectivity index (χ1) is 24.2. The number of benzene rings is 4. The quantitative estimate of drug-likeness (QED) is 0.133. The standard InChI is InChI=1S/C44H48N2O4/c1-5-29(3)31-22-24-32(25-23-31)30(4)26-38-40(44(50)46(42(38)48)36-20-14-9-15-21-36)28-34(33-16-10-7-11-17-33)27-39-37(6-2)41(47)45(43(39)49)35-18-12-8-13-19-35/h7-25,29-30,34,37-40H,5-6,26-28H2,1-4H3. The summed E-state index contributed by atoms with van der Waals surface area (Å²) in [5.41, 5.74) is 4.62. The molecule has 0 aliphatic carbocycles. The highest BCUT2D eigenvalue weighted by molar-refractivity contribution is 6.23. The number of amides is 4. The smallest absolute Gasteiger partial charge is 0.237 e. The summed E-state index contributed by atoms with van der Waals surface area (Å²) in [6, 6.07) is 37.0. The van der Waals surface area contributed by atoms with Crippen molar-refractivity contribution in [2.75, 3.05) is 9.80 Å². The molecule has 2 aliphatic rings. The fourth-order valence-corrected chi connectivity index (χ4v) is 8.10. The number of anilines is 2. The van der Waals surface area contributed by atoms with E-state index in [1.54, 1.807) is 12.1 Å². The van der Waals surface area contributed by atoms with Gasteiger partial charge in [-0.2, -0.15) is 0 Å². The largest absolute Gasteiger partial charge is 0.274 e. The highest BCUT2D eigenvalue weighted by Crippen LogP contribution is 2.45. The van der Waals surface area contributed by atoms with Crippen molar-refractivity contribution in [3.8, 4) is 0 Å². The molecule has 4 aromatic carbocycles. The van der Waals surface area contributed by atoms with Crippen LogP contribution < -0.4 is 9.80 Å². The lowest BCUT2D eigenvalue weighted by Crippen LogP contribution is -2.31. The molecule has 4 aromatic rings. The molecule has 0 N–H and O–H groups in total. The zero-order valence-electron chi connectivity index (χ0n) is 29.6. The molecule has 2 aliphatic heterocycles. The Bertz CT molecular complexity index is 1790. The van der Waals surface area contributed by atoms with Crippen LogP contribution in [0.3, 0.4) is 0 Å². The Kier molecular flexibility index (Phi) is 10.8. The summed E-state index contributed by atoms with van der Waals surface area (Å²) >= 11 is 0. The van der Waals surface area contributed by atoms with E-state index in [-0.39, 0.29) is 35.5 Å². The van der Waals surface area contributed by atoms with Gasteiger partial charge in [-0.1, -0.05) is 119 Å². The minimum atomic E-state index is -0.577. The maximum absolute atomic E-state index is 14.5. The predicted octanol–water partition coefficient (Wildman–Crippen LogP) is 9.28. The number of para-hydroxylation sites is 2. The number of carbonyl (C=O) groups excluding carboxylic acids is 4. The summed E-state index contributed by atoms with van der Waals surface area (Å²) in [6.07, 6.45) is 2.96. The second-order valence-electron chi connectivity index (χ2n) is 14.2. The highest BCUT2D eigenvalue weighted by atomic mass is 16.2. The van der Waals surface area contributed by atoms with E-state index in [0.717, 1.165) is 17.5 Å². The van der Waals surface area contributed by atoms with Gasteiger partial charge >= 0.3 is 0 Å². The van der Waals surface area contributed by atoms with Crippen LogP contribution in [0.2, 0.25) is 0 Å².